The number of hydrogen-bond donors (Lipinski definition) is 2. The number of nitrogens with zero attached hydrogens (tertiary/aromatic N) is 1. The molecule has 0 bridgehead atoms. The maximum absolute atomic E-state index is 12.2. The van der Waals surface area contributed by atoms with E-state index < -0.39 is 11.0 Å². The predicted molar refractivity (Wildman–Crippen MR) is 122 cm³/mol. The molecule has 0 unspecified atom stereocenters. The molecule has 1 aliphatic rings. The normalized spacial score (nSPS) is 11.6. The van der Waals surface area contributed by atoms with E-state index in [4.69, 9.17) is 10.5 Å². The molecule has 1 aliphatic carbocycles. The summed E-state index contributed by atoms with van der Waals surface area (Å²) in [5.41, 5.74) is 11.1. The molecule has 7 heteroatoms. The SMILES string of the molecule is Nc1ccc([N+](=O)[O-])cc1C#CCCNC(=O)OCC1c2ccccc2-c2ccccc21. The third kappa shape index (κ3) is 4.40. The quantitative estimate of drug-likeness (QED) is 0.206. The van der Waals surface area contributed by atoms with Crippen molar-refractivity contribution in [2.45, 2.75) is 12.3 Å². The number of carbonyl (C=O) groups excluding carboxylic acids is 1. The first-order chi connectivity index (χ1) is 15.5. The van der Waals surface area contributed by atoms with Crippen LogP contribution in [0.2, 0.25) is 0 Å². The van der Waals surface area contributed by atoms with Crippen LogP contribution in [0.15, 0.2) is 66.7 Å². The Bertz CT molecular complexity index is 1200. The van der Waals surface area contributed by atoms with Gasteiger partial charge in [-0.1, -0.05) is 60.4 Å². The maximum atomic E-state index is 12.2. The lowest BCUT2D eigenvalue weighted by Crippen LogP contribution is -2.26. The Labute approximate surface area is 185 Å². The standard InChI is InChI=1S/C25H21N3O4/c26-24-13-12-18(28(30)31)15-17(24)7-5-6-14-27-25(29)32-16-23-21-10-3-1-8-19(21)20-9-2-4-11-22(20)23/h1-4,8-13,15,23H,6,14,16,26H2,(H,27,29). The molecule has 0 atom stereocenters. The molecule has 0 saturated carbocycles. The molecule has 0 aliphatic heterocycles. The van der Waals surface area contributed by atoms with Crippen LogP contribution in [0.25, 0.3) is 11.1 Å². The van der Waals surface area contributed by atoms with Crippen molar-refractivity contribution in [1.82, 2.24) is 5.32 Å². The van der Waals surface area contributed by atoms with Gasteiger partial charge in [0, 0.05) is 36.7 Å². The van der Waals surface area contributed by atoms with Gasteiger partial charge >= 0.3 is 6.09 Å². The van der Waals surface area contributed by atoms with E-state index in [1.807, 2.05) is 24.3 Å². The molecule has 3 N–H and O–H groups in total. The van der Waals surface area contributed by atoms with E-state index in [2.05, 4.69) is 41.4 Å². The first-order valence-corrected chi connectivity index (χ1v) is 10.2. The number of benzene rings is 3. The van der Waals surface area contributed by atoms with Crippen molar-refractivity contribution in [1.29, 1.82) is 0 Å². The third-order valence-electron chi connectivity index (χ3n) is 5.33. The highest BCUT2D eigenvalue weighted by atomic mass is 16.6. The van der Waals surface area contributed by atoms with Crippen molar-refractivity contribution < 1.29 is 14.5 Å². The second-order valence-electron chi connectivity index (χ2n) is 7.33. The van der Waals surface area contributed by atoms with E-state index in [0.29, 0.717) is 24.2 Å². The molecule has 160 valence electrons. The number of nitro benzene ring substituents is 1. The molecule has 0 fully saturated rings. The van der Waals surface area contributed by atoms with E-state index in [-0.39, 0.29) is 18.2 Å². The monoisotopic (exact) mass is 427 g/mol. The summed E-state index contributed by atoms with van der Waals surface area (Å²) in [6, 6.07) is 20.4. The fourth-order valence-electron chi connectivity index (χ4n) is 3.80. The Morgan fingerprint density at radius 2 is 1.72 bits per heavy atom. The fourth-order valence-corrected chi connectivity index (χ4v) is 3.80. The fraction of sp³-hybridized carbons (Fsp3) is 0.160. The van der Waals surface area contributed by atoms with Gasteiger partial charge in [0.2, 0.25) is 0 Å². The van der Waals surface area contributed by atoms with E-state index >= 15 is 0 Å². The van der Waals surface area contributed by atoms with Gasteiger partial charge in [-0.25, -0.2) is 4.79 Å². The van der Waals surface area contributed by atoms with Crippen LogP contribution in [0.4, 0.5) is 16.2 Å². The van der Waals surface area contributed by atoms with Gasteiger partial charge in [-0.15, -0.1) is 0 Å². The van der Waals surface area contributed by atoms with E-state index in [1.54, 1.807) is 0 Å². The number of nitrogens with two attached hydrogens (primary N) is 1. The number of hydrogen-bond acceptors (Lipinski definition) is 5. The van der Waals surface area contributed by atoms with Gasteiger partial charge in [-0.2, -0.15) is 0 Å². The lowest BCUT2D eigenvalue weighted by atomic mass is 9.98. The summed E-state index contributed by atoms with van der Waals surface area (Å²) in [6.45, 7) is 0.536. The summed E-state index contributed by atoms with van der Waals surface area (Å²) in [4.78, 5) is 22.5. The van der Waals surface area contributed by atoms with Gasteiger partial charge in [-0.05, 0) is 28.3 Å². The molecule has 4 rings (SSSR count). The van der Waals surface area contributed by atoms with Crippen LogP contribution in [0.3, 0.4) is 0 Å². The number of non-ortho nitro benzene ring substituents is 1. The molecule has 3 aromatic rings. The van der Waals surface area contributed by atoms with Gasteiger partial charge in [0.15, 0.2) is 0 Å². The number of nitro groups is 1. The second-order valence-corrected chi connectivity index (χ2v) is 7.33. The summed E-state index contributed by atoms with van der Waals surface area (Å²) in [6.07, 6.45) is -0.157. The number of nitrogens with one attached hydrogen (secondary N) is 1. The smallest absolute Gasteiger partial charge is 0.407 e. The van der Waals surface area contributed by atoms with Gasteiger partial charge in [-0.3, -0.25) is 10.1 Å². The average molecular weight is 427 g/mol. The number of nitrogen functional groups attached to an aromatic ring is 1. The number of anilines is 1. The zero-order valence-corrected chi connectivity index (χ0v) is 17.2. The van der Waals surface area contributed by atoms with E-state index in [9.17, 15) is 14.9 Å². The summed E-state index contributed by atoms with van der Waals surface area (Å²) >= 11 is 0. The molecule has 7 nitrogen and oxygen atoms in total. The van der Waals surface area contributed by atoms with Gasteiger partial charge in [0.05, 0.1) is 10.5 Å². The Balaban J connectivity index is 1.30. The minimum absolute atomic E-state index is 0.00443. The van der Waals surface area contributed by atoms with Gasteiger partial charge in [0.1, 0.15) is 6.61 Å². The summed E-state index contributed by atoms with van der Waals surface area (Å²) in [5, 5.41) is 13.5. The minimum Gasteiger partial charge on any atom is -0.449 e. The van der Waals surface area contributed by atoms with Crippen LogP contribution in [0.5, 0.6) is 0 Å². The highest BCUT2D eigenvalue weighted by Gasteiger charge is 2.28. The van der Waals surface area contributed by atoms with Gasteiger partial charge < -0.3 is 15.8 Å². The van der Waals surface area contributed by atoms with Crippen LogP contribution < -0.4 is 11.1 Å². The molecule has 0 radical (unpaired) electrons. The molecule has 1 amide bonds. The number of alkyl carbamates (subject to hydrolysis) is 1. The highest BCUT2D eigenvalue weighted by molar-refractivity contribution is 5.79. The Morgan fingerprint density at radius 1 is 1.06 bits per heavy atom. The molecule has 0 spiro atoms. The van der Waals surface area contributed by atoms with Crippen LogP contribution in [0, 0.1) is 22.0 Å². The lowest BCUT2D eigenvalue weighted by Gasteiger charge is -2.14. The third-order valence-corrected chi connectivity index (χ3v) is 5.33. The van der Waals surface area contributed by atoms with Crippen molar-refractivity contribution in [2.75, 3.05) is 18.9 Å². The molecule has 3 aromatic carbocycles. The first-order valence-electron chi connectivity index (χ1n) is 10.2. The number of rotatable bonds is 5. The van der Waals surface area contributed by atoms with Gasteiger partial charge in [0.25, 0.3) is 5.69 Å². The first kappa shape index (κ1) is 20.9. The number of fused-ring (bicyclic) bond motifs is 3. The zero-order chi connectivity index (χ0) is 22.5. The molecular formula is C25H21N3O4. The molecule has 0 heterocycles. The van der Waals surface area contributed by atoms with E-state index in [0.717, 1.165) is 11.1 Å². The Kier molecular flexibility index (Phi) is 6.04. The molecule has 0 saturated heterocycles. The van der Waals surface area contributed by atoms with Crippen LogP contribution >= 0.6 is 0 Å². The summed E-state index contributed by atoms with van der Waals surface area (Å²) in [5.74, 6) is 5.68. The summed E-state index contributed by atoms with van der Waals surface area (Å²) < 4.78 is 5.47. The topological polar surface area (TPSA) is 107 Å². The Morgan fingerprint density at radius 3 is 2.38 bits per heavy atom. The highest BCUT2D eigenvalue weighted by Crippen LogP contribution is 2.44. The van der Waals surface area contributed by atoms with E-state index in [1.165, 1.54) is 29.3 Å². The van der Waals surface area contributed by atoms with Crippen molar-refractivity contribution in [2.24, 2.45) is 0 Å². The Hall–Kier alpha value is -4.31. The lowest BCUT2D eigenvalue weighted by molar-refractivity contribution is -0.384. The number of carbonyl (C=O) groups is 1. The molecule has 0 aromatic heterocycles. The van der Waals surface area contributed by atoms with Crippen molar-refractivity contribution >= 4 is 17.5 Å². The largest absolute Gasteiger partial charge is 0.449 e. The van der Waals surface area contributed by atoms with Crippen LogP contribution in [-0.4, -0.2) is 24.2 Å². The number of ether oxygens (including phenoxy) is 1. The maximum Gasteiger partial charge on any atom is 0.407 e. The average Bonchev–Trinajstić information content (AvgIpc) is 3.12. The van der Waals surface area contributed by atoms with Crippen LogP contribution in [-0.2, 0) is 4.74 Å². The zero-order valence-electron chi connectivity index (χ0n) is 17.2. The van der Waals surface area contributed by atoms with Crippen molar-refractivity contribution in [3.05, 3.63) is 93.5 Å². The van der Waals surface area contributed by atoms with Crippen molar-refractivity contribution in [3.8, 4) is 23.0 Å². The predicted octanol–water partition coefficient (Wildman–Crippen LogP) is 4.46. The molecular weight excluding hydrogens is 406 g/mol. The van der Waals surface area contributed by atoms with Crippen LogP contribution in [0.1, 0.15) is 29.0 Å². The minimum atomic E-state index is -0.511. The summed E-state index contributed by atoms with van der Waals surface area (Å²) in [7, 11) is 0. The van der Waals surface area contributed by atoms with Crippen molar-refractivity contribution in [3.63, 3.8) is 0 Å². The number of amides is 1. The second kappa shape index (κ2) is 9.23. The molecule has 32 heavy (non-hydrogen) atoms.